The first kappa shape index (κ1) is 26.2. The highest BCUT2D eigenvalue weighted by Gasteiger charge is 2.27. The molecule has 1 atom stereocenters. The molecule has 2 rings (SSSR count). The Kier molecular flexibility index (Phi) is 10.5. The van der Waals surface area contributed by atoms with Crippen LogP contribution in [-0.2, 0) is 23.9 Å². The topological polar surface area (TPSA) is 114 Å². The minimum Gasteiger partial charge on any atom is -0.500 e. The van der Waals surface area contributed by atoms with Crippen LogP contribution in [-0.4, -0.2) is 61.2 Å². The minimum absolute atomic E-state index is 0.110. The number of amides is 2. The zero-order chi connectivity index (χ0) is 23.7. The highest BCUT2D eigenvalue weighted by Crippen LogP contribution is 2.30. The largest absolute Gasteiger partial charge is 0.500 e. The number of allylic oxidation sites excluding steroid dienone is 4. The fourth-order valence-electron chi connectivity index (χ4n) is 3.17. The van der Waals surface area contributed by atoms with Gasteiger partial charge in [0.15, 0.2) is 0 Å². The maximum absolute atomic E-state index is 12.6. The van der Waals surface area contributed by atoms with E-state index in [0.717, 1.165) is 6.42 Å². The van der Waals surface area contributed by atoms with E-state index in [2.05, 4.69) is 10.6 Å². The molecule has 3 N–H and O–H groups in total. The Bertz CT molecular complexity index is 882. The maximum atomic E-state index is 12.6. The number of carboxylic acid groups (broad SMARTS) is 1. The lowest BCUT2D eigenvalue weighted by Crippen LogP contribution is -2.43. The Morgan fingerprint density at radius 2 is 1.81 bits per heavy atom. The summed E-state index contributed by atoms with van der Waals surface area (Å²) in [4.78, 5) is 36.6. The second kappa shape index (κ2) is 12.8. The average molecular weight is 505 g/mol. The van der Waals surface area contributed by atoms with Gasteiger partial charge in [-0.05, 0) is 25.3 Å². The third kappa shape index (κ3) is 6.95. The van der Waals surface area contributed by atoms with E-state index in [0.29, 0.717) is 53.7 Å². The van der Waals surface area contributed by atoms with Crippen molar-refractivity contribution in [2.75, 3.05) is 32.3 Å². The van der Waals surface area contributed by atoms with Gasteiger partial charge < -0.3 is 25.2 Å². The van der Waals surface area contributed by atoms with Gasteiger partial charge in [0.25, 0.3) is 11.8 Å². The van der Waals surface area contributed by atoms with Gasteiger partial charge in [-0.1, -0.05) is 29.3 Å². The molecule has 1 unspecified atom stereocenters. The van der Waals surface area contributed by atoms with Crippen LogP contribution < -0.4 is 10.6 Å². The van der Waals surface area contributed by atoms with Crippen LogP contribution in [0.2, 0.25) is 0 Å². The quantitative estimate of drug-likeness (QED) is 0.370. The zero-order valence-electron chi connectivity index (χ0n) is 17.8. The average Bonchev–Trinajstić information content (AvgIpc) is 2.76. The molecule has 32 heavy (non-hydrogen) atoms. The molecule has 2 aliphatic rings. The SMILES string of the molecule is COC1=CCCC(OC)=C1C(=O)NCCSCC(NC(=O)C1=C(Cl)CCC=C1Cl)C(=O)O. The molecule has 0 saturated carbocycles. The first-order chi connectivity index (χ1) is 15.3. The number of aliphatic carboxylic acids is 1. The highest BCUT2D eigenvalue weighted by molar-refractivity contribution is 7.99. The fraction of sp³-hybridized carbons (Fsp3) is 0.476. The van der Waals surface area contributed by atoms with Crippen molar-refractivity contribution in [3.8, 4) is 0 Å². The number of halogens is 2. The van der Waals surface area contributed by atoms with E-state index in [-0.39, 0.29) is 22.3 Å². The van der Waals surface area contributed by atoms with Gasteiger partial charge in [0.05, 0.1) is 24.8 Å². The second-order valence-electron chi connectivity index (χ2n) is 6.88. The zero-order valence-corrected chi connectivity index (χ0v) is 20.2. The van der Waals surface area contributed by atoms with E-state index in [9.17, 15) is 19.5 Å². The second-order valence-corrected chi connectivity index (χ2v) is 8.89. The first-order valence-electron chi connectivity index (χ1n) is 9.96. The van der Waals surface area contributed by atoms with E-state index >= 15 is 0 Å². The van der Waals surface area contributed by atoms with Gasteiger partial charge >= 0.3 is 5.97 Å². The van der Waals surface area contributed by atoms with Gasteiger partial charge in [0.2, 0.25) is 0 Å². The van der Waals surface area contributed by atoms with Gasteiger partial charge in [-0.15, -0.1) is 0 Å². The number of hydrogen-bond donors (Lipinski definition) is 3. The molecule has 11 heteroatoms. The summed E-state index contributed by atoms with van der Waals surface area (Å²) in [6, 6.07) is -1.13. The standard InChI is InChI=1S/C21H26Cl2N2O6S/c1-30-15-7-4-8-16(31-2)18(15)19(26)24-9-10-32-11-14(21(28)29)25-20(27)17-12(22)5-3-6-13(17)23/h5,7,14H,3-4,6,8-11H2,1-2H3,(H,24,26)(H,25,27)(H,28,29). The number of nitrogens with one attached hydrogen (secondary N) is 2. The van der Waals surface area contributed by atoms with Gasteiger partial charge in [0.1, 0.15) is 23.1 Å². The normalized spacial score (nSPS) is 17.2. The fourth-order valence-corrected chi connectivity index (χ4v) is 4.70. The van der Waals surface area contributed by atoms with Crippen LogP contribution in [0.1, 0.15) is 25.7 Å². The number of methoxy groups -OCH3 is 2. The summed E-state index contributed by atoms with van der Waals surface area (Å²) in [6.07, 6.45) is 5.96. The summed E-state index contributed by atoms with van der Waals surface area (Å²) in [5.74, 6) is -0.530. The molecule has 0 spiro atoms. The van der Waals surface area contributed by atoms with Crippen LogP contribution in [0, 0.1) is 0 Å². The van der Waals surface area contributed by atoms with Crippen molar-refractivity contribution < 1.29 is 29.0 Å². The van der Waals surface area contributed by atoms with Crippen molar-refractivity contribution in [3.05, 3.63) is 44.9 Å². The summed E-state index contributed by atoms with van der Waals surface area (Å²) >= 11 is 13.4. The Balaban J connectivity index is 1.85. The molecular weight excluding hydrogens is 479 g/mol. The lowest BCUT2D eigenvalue weighted by Gasteiger charge is -2.20. The van der Waals surface area contributed by atoms with Crippen LogP contribution in [0.4, 0.5) is 0 Å². The van der Waals surface area contributed by atoms with E-state index in [1.54, 1.807) is 6.08 Å². The van der Waals surface area contributed by atoms with E-state index < -0.39 is 17.9 Å². The Hall–Kier alpha value is -2.10. The predicted molar refractivity (Wildman–Crippen MR) is 124 cm³/mol. The molecule has 2 aliphatic carbocycles. The summed E-state index contributed by atoms with van der Waals surface area (Å²) in [7, 11) is 3.00. The van der Waals surface area contributed by atoms with Crippen LogP contribution in [0.5, 0.6) is 0 Å². The number of carbonyl (C=O) groups excluding carboxylic acids is 2. The lowest BCUT2D eigenvalue weighted by molar-refractivity contribution is -0.140. The van der Waals surface area contributed by atoms with Crippen molar-refractivity contribution in [3.63, 3.8) is 0 Å². The predicted octanol–water partition coefficient (Wildman–Crippen LogP) is 3.04. The number of carboxylic acids is 1. The molecule has 0 heterocycles. The third-order valence-corrected chi connectivity index (χ3v) is 6.55. The maximum Gasteiger partial charge on any atom is 0.327 e. The molecule has 0 fully saturated rings. The monoisotopic (exact) mass is 504 g/mol. The van der Waals surface area contributed by atoms with E-state index in [4.69, 9.17) is 32.7 Å². The van der Waals surface area contributed by atoms with Gasteiger partial charge in [-0.3, -0.25) is 9.59 Å². The summed E-state index contributed by atoms with van der Waals surface area (Å²) in [5.41, 5.74) is 0.476. The van der Waals surface area contributed by atoms with Gasteiger partial charge in [0, 0.05) is 29.5 Å². The van der Waals surface area contributed by atoms with Gasteiger partial charge in [-0.2, -0.15) is 11.8 Å². The van der Waals surface area contributed by atoms with Crippen LogP contribution in [0.25, 0.3) is 0 Å². The number of hydrogen-bond acceptors (Lipinski definition) is 6. The van der Waals surface area contributed by atoms with Crippen molar-refractivity contribution in [2.24, 2.45) is 0 Å². The first-order valence-corrected chi connectivity index (χ1v) is 11.9. The molecule has 2 amide bonds. The van der Waals surface area contributed by atoms with E-state index in [1.165, 1.54) is 26.0 Å². The number of rotatable bonds is 11. The Morgan fingerprint density at radius 3 is 2.44 bits per heavy atom. The molecule has 0 aromatic rings. The molecule has 0 aromatic heterocycles. The van der Waals surface area contributed by atoms with Crippen molar-refractivity contribution in [1.82, 2.24) is 10.6 Å². The van der Waals surface area contributed by atoms with Crippen LogP contribution in [0.3, 0.4) is 0 Å². The van der Waals surface area contributed by atoms with Crippen molar-refractivity contribution in [2.45, 2.75) is 31.7 Å². The Labute approximate surface area is 201 Å². The minimum atomic E-state index is -1.17. The van der Waals surface area contributed by atoms with Crippen LogP contribution in [0.15, 0.2) is 44.9 Å². The molecule has 0 aliphatic heterocycles. The number of ether oxygens (including phenoxy) is 2. The third-order valence-electron chi connectivity index (χ3n) is 4.76. The summed E-state index contributed by atoms with van der Waals surface area (Å²) in [6.45, 7) is 0.298. The smallest absolute Gasteiger partial charge is 0.327 e. The molecule has 0 radical (unpaired) electrons. The van der Waals surface area contributed by atoms with Gasteiger partial charge in [-0.25, -0.2) is 4.79 Å². The van der Waals surface area contributed by atoms with E-state index in [1.807, 2.05) is 6.08 Å². The Morgan fingerprint density at radius 1 is 1.09 bits per heavy atom. The molecule has 0 saturated heterocycles. The lowest BCUT2D eigenvalue weighted by atomic mass is 10.0. The number of thioether (sulfide) groups is 1. The molecule has 176 valence electrons. The summed E-state index contributed by atoms with van der Waals surface area (Å²) in [5, 5.41) is 15.2. The van der Waals surface area contributed by atoms with Crippen LogP contribution >= 0.6 is 35.0 Å². The highest BCUT2D eigenvalue weighted by atomic mass is 35.5. The molecule has 0 aromatic carbocycles. The van der Waals surface area contributed by atoms with Crippen molar-refractivity contribution in [1.29, 1.82) is 0 Å². The summed E-state index contributed by atoms with van der Waals surface area (Å²) < 4.78 is 10.6. The molecule has 0 bridgehead atoms. The molecular formula is C21H26Cl2N2O6S. The number of carbonyl (C=O) groups is 3. The molecule has 8 nitrogen and oxygen atoms in total. The van der Waals surface area contributed by atoms with Crippen molar-refractivity contribution >= 4 is 52.7 Å².